The lowest BCUT2D eigenvalue weighted by atomic mass is 10.2. The highest BCUT2D eigenvalue weighted by atomic mass is 32.1. The highest BCUT2D eigenvalue weighted by molar-refractivity contribution is 7.09. The molecule has 6 heteroatoms. The smallest absolute Gasteiger partial charge is 0.191 e. The molecule has 1 aromatic rings. The van der Waals surface area contributed by atoms with Crippen molar-refractivity contribution >= 4 is 17.3 Å². The van der Waals surface area contributed by atoms with Gasteiger partial charge >= 0.3 is 0 Å². The molecule has 2 N–H and O–H groups in total. The third-order valence-corrected chi connectivity index (χ3v) is 4.60. The number of nitrogens with one attached hydrogen (secondary N) is 2. The summed E-state index contributed by atoms with van der Waals surface area (Å²) in [6, 6.07) is 4.74. The van der Waals surface area contributed by atoms with Gasteiger partial charge in [0, 0.05) is 44.1 Å². The number of likely N-dealkylation sites (N-methyl/N-ethyl adjacent to an activating group) is 2. The summed E-state index contributed by atoms with van der Waals surface area (Å²) in [6.07, 6.45) is 0. The van der Waals surface area contributed by atoms with Crippen molar-refractivity contribution < 1.29 is 0 Å². The molecule has 1 aromatic heterocycles. The second-order valence-electron chi connectivity index (χ2n) is 5.28. The maximum absolute atomic E-state index is 4.28. The van der Waals surface area contributed by atoms with Crippen LogP contribution in [0.5, 0.6) is 0 Å². The Hall–Kier alpha value is -1.11. The van der Waals surface area contributed by atoms with Crippen LogP contribution >= 0.6 is 11.3 Å². The molecule has 1 unspecified atom stereocenters. The molecule has 1 fully saturated rings. The van der Waals surface area contributed by atoms with E-state index in [2.05, 4.69) is 57.0 Å². The van der Waals surface area contributed by atoms with E-state index in [4.69, 9.17) is 0 Å². The number of guanidine groups is 1. The largest absolute Gasteiger partial charge is 0.355 e. The number of aliphatic imine (C=N–C) groups is 1. The predicted octanol–water partition coefficient (Wildman–Crippen LogP) is 0.659. The molecule has 1 atom stereocenters. The zero-order valence-electron chi connectivity index (χ0n) is 12.6. The number of nitrogens with zero attached hydrogens (tertiary/aromatic N) is 3. The monoisotopic (exact) mass is 295 g/mol. The van der Waals surface area contributed by atoms with Crippen LogP contribution in [0, 0.1) is 0 Å². The van der Waals surface area contributed by atoms with E-state index in [9.17, 15) is 0 Å². The van der Waals surface area contributed by atoms with Crippen molar-refractivity contribution in [2.45, 2.75) is 12.6 Å². The first-order chi connectivity index (χ1) is 9.69. The fraction of sp³-hybridized carbons (Fsp3) is 0.643. The van der Waals surface area contributed by atoms with Crippen molar-refractivity contribution in [1.82, 2.24) is 20.4 Å². The molecule has 0 bridgehead atoms. The van der Waals surface area contributed by atoms with Gasteiger partial charge in [0.15, 0.2) is 5.96 Å². The van der Waals surface area contributed by atoms with Crippen LogP contribution in [-0.2, 0) is 6.54 Å². The van der Waals surface area contributed by atoms with E-state index in [1.54, 1.807) is 11.3 Å². The Labute approximate surface area is 125 Å². The number of piperazine rings is 1. The van der Waals surface area contributed by atoms with Crippen LogP contribution in [0.4, 0.5) is 0 Å². The second-order valence-corrected chi connectivity index (χ2v) is 6.31. The molecule has 2 rings (SSSR count). The van der Waals surface area contributed by atoms with Crippen LogP contribution < -0.4 is 10.6 Å². The molecule has 5 nitrogen and oxygen atoms in total. The summed E-state index contributed by atoms with van der Waals surface area (Å²) in [6.45, 7) is 5.14. The van der Waals surface area contributed by atoms with Crippen LogP contribution in [0.15, 0.2) is 22.5 Å². The van der Waals surface area contributed by atoms with Crippen molar-refractivity contribution in [2.24, 2.45) is 4.99 Å². The topological polar surface area (TPSA) is 42.9 Å². The van der Waals surface area contributed by atoms with Gasteiger partial charge in [0.2, 0.25) is 0 Å². The highest BCUT2D eigenvalue weighted by Crippen LogP contribution is 2.07. The molecule has 1 aliphatic rings. The first kappa shape index (κ1) is 15.3. The van der Waals surface area contributed by atoms with Crippen molar-refractivity contribution in [3.63, 3.8) is 0 Å². The first-order valence-electron chi connectivity index (χ1n) is 7.04. The quantitative estimate of drug-likeness (QED) is 0.633. The molecule has 20 heavy (non-hydrogen) atoms. The van der Waals surface area contributed by atoms with E-state index in [-0.39, 0.29) is 0 Å². The van der Waals surface area contributed by atoms with E-state index in [1.807, 2.05) is 7.05 Å². The Morgan fingerprint density at radius 3 is 2.95 bits per heavy atom. The number of thiophene rings is 1. The standard InChI is InChI=1S/C14H25N5S/c1-15-14(17-10-13-5-4-8-20-13)16-9-12-11-18(2)6-7-19(12)3/h4-5,8,12H,6-7,9-11H2,1-3H3,(H2,15,16,17). The van der Waals surface area contributed by atoms with Crippen LogP contribution in [0.1, 0.15) is 4.88 Å². The maximum atomic E-state index is 4.28. The Bertz CT molecular complexity index is 417. The van der Waals surface area contributed by atoms with Gasteiger partial charge in [0.1, 0.15) is 0 Å². The second kappa shape index (κ2) is 7.61. The molecule has 0 amide bonds. The third-order valence-electron chi connectivity index (χ3n) is 3.72. The fourth-order valence-corrected chi connectivity index (χ4v) is 2.99. The zero-order valence-corrected chi connectivity index (χ0v) is 13.4. The predicted molar refractivity (Wildman–Crippen MR) is 86.4 cm³/mol. The molecular weight excluding hydrogens is 270 g/mol. The van der Waals surface area contributed by atoms with E-state index >= 15 is 0 Å². The lowest BCUT2D eigenvalue weighted by Crippen LogP contribution is -2.55. The van der Waals surface area contributed by atoms with Gasteiger partial charge in [-0.1, -0.05) is 6.07 Å². The van der Waals surface area contributed by atoms with E-state index in [0.717, 1.165) is 38.7 Å². The summed E-state index contributed by atoms with van der Waals surface area (Å²) >= 11 is 1.76. The molecule has 2 heterocycles. The summed E-state index contributed by atoms with van der Waals surface area (Å²) < 4.78 is 0. The molecule has 0 saturated carbocycles. The number of hydrogen-bond donors (Lipinski definition) is 2. The van der Waals surface area contributed by atoms with Gasteiger partial charge in [-0.3, -0.25) is 9.89 Å². The number of hydrogen-bond acceptors (Lipinski definition) is 4. The summed E-state index contributed by atoms with van der Waals surface area (Å²) in [5, 5.41) is 8.88. The molecule has 112 valence electrons. The molecule has 1 aliphatic heterocycles. The minimum Gasteiger partial charge on any atom is -0.355 e. The average Bonchev–Trinajstić information content (AvgIpc) is 2.96. The Kier molecular flexibility index (Phi) is 5.82. The normalized spacial score (nSPS) is 21.9. The fourth-order valence-electron chi connectivity index (χ4n) is 2.34. The lowest BCUT2D eigenvalue weighted by molar-refractivity contribution is 0.116. The van der Waals surface area contributed by atoms with Gasteiger partial charge in [0.05, 0.1) is 6.54 Å². The third kappa shape index (κ3) is 4.47. The molecule has 0 spiro atoms. The highest BCUT2D eigenvalue weighted by Gasteiger charge is 2.21. The van der Waals surface area contributed by atoms with Crippen molar-refractivity contribution in [1.29, 1.82) is 0 Å². The van der Waals surface area contributed by atoms with Crippen molar-refractivity contribution in [3.8, 4) is 0 Å². The Balaban J connectivity index is 1.75. The summed E-state index contributed by atoms with van der Waals surface area (Å²) in [4.78, 5) is 10.4. The van der Waals surface area contributed by atoms with Crippen LogP contribution in [0.3, 0.4) is 0 Å². The van der Waals surface area contributed by atoms with Gasteiger partial charge < -0.3 is 15.5 Å². The van der Waals surface area contributed by atoms with Gasteiger partial charge in [-0.15, -0.1) is 11.3 Å². The van der Waals surface area contributed by atoms with Crippen molar-refractivity contribution in [3.05, 3.63) is 22.4 Å². The van der Waals surface area contributed by atoms with Gasteiger partial charge in [-0.2, -0.15) is 0 Å². The van der Waals surface area contributed by atoms with Crippen LogP contribution in [-0.4, -0.2) is 69.1 Å². The first-order valence-corrected chi connectivity index (χ1v) is 7.92. The molecule has 1 saturated heterocycles. The average molecular weight is 295 g/mol. The van der Waals surface area contributed by atoms with Gasteiger partial charge in [-0.25, -0.2) is 0 Å². The van der Waals surface area contributed by atoms with Crippen molar-refractivity contribution in [2.75, 3.05) is 47.3 Å². The van der Waals surface area contributed by atoms with E-state index in [1.165, 1.54) is 4.88 Å². The maximum Gasteiger partial charge on any atom is 0.191 e. The number of rotatable bonds is 4. The van der Waals surface area contributed by atoms with E-state index in [0.29, 0.717) is 6.04 Å². The SMILES string of the molecule is CN=C(NCc1cccs1)NCC1CN(C)CCN1C. The molecular formula is C14H25N5S. The molecule has 0 aliphatic carbocycles. The van der Waals surface area contributed by atoms with Gasteiger partial charge in [-0.05, 0) is 25.5 Å². The van der Waals surface area contributed by atoms with Crippen LogP contribution in [0.25, 0.3) is 0 Å². The van der Waals surface area contributed by atoms with Crippen LogP contribution in [0.2, 0.25) is 0 Å². The summed E-state index contributed by atoms with van der Waals surface area (Å²) in [5.74, 6) is 0.875. The summed E-state index contributed by atoms with van der Waals surface area (Å²) in [5.41, 5.74) is 0. The minimum atomic E-state index is 0.536. The van der Waals surface area contributed by atoms with Gasteiger partial charge in [0.25, 0.3) is 0 Å². The molecule has 0 aromatic carbocycles. The minimum absolute atomic E-state index is 0.536. The Morgan fingerprint density at radius 1 is 1.40 bits per heavy atom. The zero-order chi connectivity index (χ0) is 14.4. The lowest BCUT2D eigenvalue weighted by Gasteiger charge is -2.37. The Morgan fingerprint density at radius 2 is 2.25 bits per heavy atom. The summed E-state index contributed by atoms with van der Waals surface area (Å²) in [7, 11) is 6.20. The van der Waals surface area contributed by atoms with E-state index < -0.39 is 0 Å². The molecule has 0 radical (unpaired) electrons.